The quantitative estimate of drug-likeness (QED) is 0.0225. The number of ether oxygens (including phenoxy) is 4. The molecule has 0 aromatic carbocycles. The minimum absolute atomic E-state index is 0.146. The summed E-state index contributed by atoms with van der Waals surface area (Å²) in [7, 11) is 5.89. The number of carbonyl (C=O) groups is 3. The lowest BCUT2D eigenvalue weighted by molar-refractivity contribution is -0.870. The smallest absolute Gasteiger partial charge is 0.306 e. The molecule has 0 aromatic heterocycles. The first-order chi connectivity index (χ1) is 23.1. The lowest BCUT2D eigenvalue weighted by Crippen LogP contribution is -2.44. The normalized spacial score (nSPS) is 13.3. The lowest BCUT2D eigenvalue weighted by Gasteiger charge is -2.26. The molecule has 0 aliphatic carbocycles. The van der Waals surface area contributed by atoms with Crippen LogP contribution in [0.3, 0.4) is 0 Å². The summed E-state index contributed by atoms with van der Waals surface area (Å²) in [6.45, 7) is 4.62. The van der Waals surface area contributed by atoms with Gasteiger partial charge in [0.1, 0.15) is 13.2 Å². The molecule has 0 radical (unpaired) electrons. The van der Waals surface area contributed by atoms with Crippen LogP contribution in [0.1, 0.15) is 149 Å². The van der Waals surface area contributed by atoms with Crippen LogP contribution in [0.15, 0.2) is 24.3 Å². The maximum atomic E-state index is 12.6. The molecule has 9 nitrogen and oxygen atoms in total. The predicted molar refractivity (Wildman–Crippen MR) is 191 cm³/mol. The monoisotopic (exact) mass is 682 g/mol. The molecule has 48 heavy (non-hydrogen) atoms. The Morgan fingerprint density at radius 2 is 1.17 bits per heavy atom. The van der Waals surface area contributed by atoms with Crippen LogP contribution < -0.4 is 5.11 Å². The molecule has 0 aliphatic rings. The van der Waals surface area contributed by atoms with Crippen molar-refractivity contribution in [3.63, 3.8) is 0 Å². The molecule has 0 bridgehead atoms. The van der Waals surface area contributed by atoms with Crippen LogP contribution in [0, 0.1) is 0 Å². The molecule has 2 unspecified atom stereocenters. The second-order valence-electron chi connectivity index (χ2n) is 13.9. The van der Waals surface area contributed by atoms with Crippen molar-refractivity contribution in [3.05, 3.63) is 24.3 Å². The van der Waals surface area contributed by atoms with Gasteiger partial charge in [0.15, 0.2) is 12.4 Å². The molecule has 0 rings (SSSR count). The molecule has 0 spiro atoms. The van der Waals surface area contributed by atoms with Crippen molar-refractivity contribution < 1.29 is 42.9 Å². The minimum Gasteiger partial charge on any atom is -0.545 e. The number of hydrogen-bond donors (Lipinski definition) is 0. The van der Waals surface area contributed by atoms with E-state index in [0.717, 1.165) is 64.2 Å². The second kappa shape index (κ2) is 32.0. The summed E-state index contributed by atoms with van der Waals surface area (Å²) in [5, 5.41) is 11.6. The molecule has 0 amide bonds. The van der Waals surface area contributed by atoms with Gasteiger partial charge in [0.25, 0.3) is 0 Å². The Morgan fingerprint density at radius 1 is 0.625 bits per heavy atom. The van der Waals surface area contributed by atoms with Gasteiger partial charge in [-0.3, -0.25) is 9.59 Å². The predicted octanol–water partition coefficient (Wildman–Crippen LogP) is 7.60. The fourth-order valence-corrected chi connectivity index (χ4v) is 4.92. The number of likely N-dealkylation sites (N-methyl/N-ethyl adjacent to an activating group) is 1. The second-order valence-corrected chi connectivity index (χ2v) is 13.9. The van der Waals surface area contributed by atoms with Crippen molar-refractivity contribution in [3.8, 4) is 0 Å². The van der Waals surface area contributed by atoms with E-state index in [1.807, 2.05) is 21.1 Å². The van der Waals surface area contributed by atoms with E-state index in [9.17, 15) is 19.5 Å². The van der Waals surface area contributed by atoms with E-state index >= 15 is 0 Å². The standard InChI is InChI=1S/C39H71NO8/c1-6-8-10-12-14-16-18-19-20-22-24-26-28-30-37(42)48-35(34-47-39(38(43)44)45-32-31-40(3,4)5)33-46-36(41)29-27-25-23-21-17-15-13-11-9-7-2/h10,12,16,18,35,39H,6-9,11,13-15,17,19-34H2,1-5H3/b12-10-,18-16-. The van der Waals surface area contributed by atoms with Crippen LogP contribution in [-0.2, 0) is 33.3 Å². The largest absolute Gasteiger partial charge is 0.545 e. The van der Waals surface area contributed by atoms with E-state index in [1.54, 1.807) is 0 Å². The summed E-state index contributed by atoms with van der Waals surface area (Å²) in [5.41, 5.74) is 0. The fraction of sp³-hybridized carbons (Fsp3) is 0.821. The van der Waals surface area contributed by atoms with Gasteiger partial charge in [0.2, 0.25) is 0 Å². The van der Waals surface area contributed by atoms with Crippen molar-refractivity contribution in [2.75, 3.05) is 47.5 Å². The topological polar surface area (TPSA) is 111 Å². The first-order valence-corrected chi connectivity index (χ1v) is 19.0. The molecule has 0 aromatic rings. The molecular weight excluding hydrogens is 610 g/mol. The number of allylic oxidation sites excluding steroid dienone is 4. The Morgan fingerprint density at radius 3 is 1.73 bits per heavy atom. The van der Waals surface area contributed by atoms with Crippen LogP contribution in [0.5, 0.6) is 0 Å². The lowest BCUT2D eigenvalue weighted by atomic mass is 10.1. The molecule has 2 atom stereocenters. The van der Waals surface area contributed by atoms with Gasteiger partial charge in [0.05, 0.1) is 40.3 Å². The Bertz CT molecular complexity index is 851. The van der Waals surface area contributed by atoms with Gasteiger partial charge < -0.3 is 33.3 Å². The zero-order chi connectivity index (χ0) is 35.7. The highest BCUT2D eigenvalue weighted by Gasteiger charge is 2.21. The van der Waals surface area contributed by atoms with E-state index in [1.165, 1.54) is 51.4 Å². The molecule has 9 heteroatoms. The number of carboxylic acids is 1. The van der Waals surface area contributed by atoms with Crippen LogP contribution >= 0.6 is 0 Å². The Kier molecular flexibility index (Phi) is 30.5. The van der Waals surface area contributed by atoms with Gasteiger partial charge in [-0.25, -0.2) is 0 Å². The zero-order valence-corrected chi connectivity index (χ0v) is 31.4. The average Bonchev–Trinajstić information content (AvgIpc) is 3.03. The van der Waals surface area contributed by atoms with Crippen LogP contribution in [0.25, 0.3) is 0 Å². The van der Waals surface area contributed by atoms with E-state index in [0.29, 0.717) is 23.9 Å². The van der Waals surface area contributed by atoms with E-state index in [-0.39, 0.29) is 32.2 Å². The van der Waals surface area contributed by atoms with Crippen molar-refractivity contribution in [1.82, 2.24) is 0 Å². The average molecular weight is 682 g/mol. The van der Waals surface area contributed by atoms with Gasteiger partial charge in [-0.05, 0) is 38.5 Å². The third-order valence-corrected chi connectivity index (χ3v) is 7.93. The number of quaternary nitrogens is 1. The van der Waals surface area contributed by atoms with Crippen LogP contribution in [0.4, 0.5) is 0 Å². The van der Waals surface area contributed by atoms with Crippen LogP contribution in [-0.4, -0.2) is 82.3 Å². The molecule has 0 saturated heterocycles. The number of aliphatic carboxylic acids is 1. The molecule has 0 saturated carbocycles. The summed E-state index contributed by atoms with van der Waals surface area (Å²) in [6, 6.07) is 0. The highest BCUT2D eigenvalue weighted by molar-refractivity contribution is 5.70. The summed E-state index contributed by atoms with van der Waals surface area (Å²) in [5.74, 6) is -2.31. The Hall–Kier alpha value is -2.23. The summed E-state index contributed by atoms with van der Waals surface area (Å²) in [6.07, 6.45) is 27.8. The fourth-order valence-electron chi connectivity index (χ4n) is 4.92. The maximum Gasteiger partial charge on any atom is 0.306 e. The SMILES string of the molecule is CCC/C=C\C/C=C\CCCCCCCC(=O)OC(COC(=O)CCCCCCCCCCCC)COC(OCC[N+](C)(C)C)C(=O)[O-]. The third-order valence-electron chi connectivity index (χ3n) is 7.93. The molecular formula is C39H71NO8. The molecule has 0 heterocycles. The molecule has 280 valence electrons. The summed E-state index contributed by atoms with van der Waals surface area (Å²) < 4.78 is 22.4. The summed E-state index contributed by atoms with van der Waals surface area (Å²) in [4.78, 5) is 36.7. The number of esters is 2. The first-order valence-electron chi connectivity index (χ1n) is 19.0. The number of carboxylic acid groups (broad SMARTS) is 1. The Labute approximate surface area is 293 Å². The van der Waals surface area contributed by atoms with E-state index < -0.39 is 24.3 Å². The van der Waals surface area contributed by atoms with Gasteiger partial charge in [-0.2, -0.15) is 0 Å². The number of hydrogen-bond acceptors (Lipinski definition) is 8. The van der Waals surface area contributed by atoms with Crippen molar-refractivity contribution in [2.45, 2.75) is 161 Å². The maximum absolute atomic E-state index is 12.6. The number of unbranched alkanes of at least 4 members (excludes halogenated alkanes) is 15. The zero-order valence-electron chi connectivity index (χ0n) is 31.4. The van der Waals surface area contributed by atoms with Crippen molar-refractivity contribution >= 4 is 17.9 Å². The number of carbonyl (C=O) groups excluding carboxylic acids is 3. The van der Waals surface area contributed by atoms with Crippen molar-refractivity contribution in [2.24, 2.45) is 0 Å². The van der Waals surface area contributed by atoms with E-state index in [4.69, 9.17) is 18.9 Å². The van der Waals surface area contributed by atoms with Gasteiger partial charge in [-0.1, -0.05) is 122 Å². The van der Waals surface area contributed by atoms with Crippen molar-refractivity contribution in [1.29, 1.82) is 0 Å². The minimum atomic E-state index is -1.62. The van der Waals surface area contributed by atoms with Gasteiger partial charge >= 0.3 is 11.9 Å². The van der Waals surface area contributed by atoms with Crippen LogP contribution in [0.2, 0.25) is 0 Å². The van der Waals surface area contributed by atoms with Gasteiger partial charge in [0, 0.05) is 12.8 Å². The highest BCUT2D eigenvalue weighted by Crippen LogP contribution is 2.13. The Balaban J connectivity index is 4.57. The number of rotatable bonds is 34. The van der Waals surface area contributed by atoms with E-state index in [2.05, 4.69) is 38.2 Å². The summed E-state index contributed by atoms with van der Waals surface area (Å²) >= 11 is 0. The molecule has 0 fully saturated rings. The molecule has 0 aliphatic heterocycles. The highest BCUT2D eigenvalue weighted by atomic mass is 16.7. The third kappa shape index (κ3) is 32.3. The van der Waals surface area contributed by atoms with Gasteiger partial charge in [-0.15, -0.1) is 0 Å². The number of nitrogens with zero attached hydrogens (tertiary/aromatic N) is 1. The molecule has 0 N–H and O–H groups in total. The first kappa shape index (κ1) is 45.8.